The highest BCUT2D eigenvalue weighted by atomic mass is 16.2. The van der Waals surface area contributed by atoms with E-state index in [2.05, 4.69) is 5.32 Å². The zero-order valence-electron chi connectivity index (χ0n) is 13.2. The molecule has 0 heterocycles. The molecule has 5 nitrogen and oxygen atoms in total. The Morgan fingerprint density at radius 2 is 1.90 bits per heavy atom. The molecule has 0 aliphatic heterocycles. The quantitative estimate of drug-likeness (QED) is 0.822. The van der Waals surface area contributed by atoms with Gasteiger partial charge in [-0.05, 0) is 24.0 Å². The lowest BCUT2D eigenvalue weighted by Gasteiger charge is -2.20. The molecule has 0 radical (unpaired) electrons. The van der Waals surface area contributed by atoms with Crippen LogP contribution in [-0.2, 0) is 16.1 Å². The maximum absolute atomic E-state index is 12.0. The molecule has 2 amide bonds. The molecule has 0 aliphatic carbocycles. The van der Waals surface area contributed by atoms with E-state index in [1.807, 2.05) is 45.0 Å². The zero-order valence-corrected chi connectivity index (χ0v) is 13.2. The van der Waals surface area contributed by atoms with Crippen molar-refractivity contribution < 1.29 is 9.59 Å². The van der Waals surface area contributed by atoms with Crippen molar-refractivity contribution in [3.63, 3.8) is 0 Å². The third kappa shape index (κ3) is 5.19. The molecule has 0 spiro atoms. The van der Waals surface area contributed by atoms with Crippen LogP contribution in [-0.4, -0.2) is 36.3 Å². The van der Waals surface area contributed by atoms with Crippen LogP contribution in [0.5, 0.6) is 0 Å². The average molecular weight is 291 g/mol. The van der Waals surface area contributed by atoms with Crippen molar-refractivity contribution in [2.24, 2.45) is 11.7 Å². The first-order valence-corrected chi connectivity index (χ1v) is 7.14. The van der Waals surface area contributed by atoms with E-state index in [1.165, 1.54) is 0 Å². The fourth-order valence-electron chi connectivity index (χ4n) is 1.85. The van der Waals surface area contributed by atoms with Crippen LogP contribution in [0.15, 0.2) is 24.3 Å². The second kappa shape index (κ2) is 7.78. The summed E-state index contributed by atoms with van der Waals surface area (Å²) in [5.41, 5.74) is 7.97. The van der Waals surface area contributed by atoms with Gasteiger partial charge in [0.15, 0.2) is 0 Å². The van der Waals surface area contributed by atoms with Gasteiger partial charge in [0.2, 0.25) is 11.8 Å². The van der Waals surface area contributed by atoms with Gasteiger partial charge in [-0.1, -0.05) is 38.1 Å². The maximum atomic E-state index is 12.0. The number of likely N-dealkylation sites (N-methyl/N-ethyl adjacent to an activating group) is 1. The van der Waals surface area contributed by atoms with Crippen molar-refractivity contribution in [3.8, 4) is 0 Å². The van der Waals surface area contributed by atoms with Gasteiger partial charge in [0.05, 0.1) is 12.6 Å². The van der Waals surface area contributed by atoms with Crippen molar-refractivity contribution in [1.29, 1.82) is 0 Å². The number of aryl methyl sites for hydroxylation is 1. The SMILES string of the molecule is Cc1ccccc1CN(C)C(=O)CNC(=O)[C@@H](N)C(C)C. The first-order chi connectivity index (χ1) is 9.82. The first-order valence-electron chi connectivity index (χ1n) is 7.14. The summed E-state index contributed by atoms with van der Waals surface area (Å²) in [4.78, 5) is 25.3. The number of hydrogen-bond donors (Lipinski definition) is 2. The topological polar surface area (TPSA) is 75.4 Å². The third-order valence-electron chi connectivity index (χ3n) is 3.53. The molecule has 0 aromatic heterocycles. The summed E-state index contributed by atoms with van der Waals surface area (Å²) >= 11 is 0. The Kier molecular flexibility index (Phi) is 6.37. The zero-order chi connectivity index (χ0) is 16.0. The molecule has 1 aromatic carbocycles. The summed E-state index contributed by atoms with van der Waals surface area (Å²) < 4.78 is 0. The van der Waals surface area contributed by atoms with Gasteiger partial charge in [-0.3, -0.25) is 9.59 Å². The predicted molar refractivity (Wildman–Crippen MR) is 83.5 cm³/mol. The monoisotopic (exact) mass is 291 g/mol. The Morgan fingerprint density at radius 3 is 2.48 bits per heavy atom. The highest BCUT2D eigenvalue weighted by Gasteiger charge is 2.18. The number of nitrogens with one attached hydrogen (secondary N) is 1. The van der Waals surface area contributed by atoms with Crippen LogP contribution in [0.3, 0.4) is 0 Å². The van der Waals surface area contributed by atoms with Gasteiger partial charge >= 0.3 is 0 Å². The minimum absolute atomic E-state index is 0.0262. The van der Waals surface area contributed by atoms with Crippen molar-refractivity contribution >= 4 is 11.8 Å². The van der Waals surface area contributed by atoms with Gasteiger partial charge in [0.25, 0.3) is 0 Å². The number of rotatable bonds is 6. The molecular formula is C16H25N3O2. The van der Waals surface area contributed by atoms with Crippen molar-refractivity contribution in [3.05, 3.63) is 35.4 Å². The van der Waals surface area contributed by atoms with Gasteiger partial charge < -0.3 is 16.0 Å². The number of benzene rings is 1. The molecule has 1 atom stereocenters. The van der Waals surface area contributed by atoms with Crippen LogP contribution >= 0.6 is 0 Å². The van der Waals surface area contributed by atoms with Gasteiger partial charge in [-0.25, -0.2) is 0 Å². The summed E-state index contributed by atoms with van der Waals surface area (Å²) in [7, 11) is 1.73. The van der Waals surface area contributed by atoms with E-state index in [0.717, 1.165) is 11.1 Å². The van der Waals surface area contributed by atoms with E-state index in [9.17, 15) is 9.59 Å². The molecule has 5 heteroatoms. The number of carbonyl (C=O) groups excluding carboxylic acids is 2. The highest BCUT2D eigenvalue weighted by molar-refractivity contribution is 5.87. The van der Waals surface area contributed by atoms with Gasteiger partial charge in [0.1, 0.15) is 0 Å². The van der Waals surface area contributed by atoms with E-state index >= 15 is 0 Å². The van der Waals surface area contributed by atoms with E-state index in [-0.39, 0.29) is 24.3 Å². The Hall–Kier alpha value is -1.88. The third-order valence-corrected chi connectivity index (χ3v) is 3.53. The van der Waals surface area contributed by atoms with E-state index in [0.29, 0.717) is 6.54 Å². The maximum Gasteiger partial charge on any atom is 0.242 e. The normalized spacial score (nSPS) is 12.1. The number of carbonyl (C=O) groups is 2. The molecule has 0 bridgehead atoms. The molecule has 21 heavy (non-hydrogen) atoms. The molecule has 1 aromatic rings. The summed E-state index contributed by atoms with van der Waals surface area (Å²) in [6.07, 6.45) is 0. The van der Waals surface area contributed by atoms with Crippen molar-refractivity contribution in [2.75, 3.05) is 13.6 Å². The summed E-state index contributed by atoms with van der Waals surface area (Å²) in [6, 6.07) is 7.33. The lowest BCUT2D eigenvalue weighted by Crippen LogP contribution is -2.47. The molecule has 3 N–H and O–H groups in total. The Labute approximate surface area is 126 Å². The standard InChI is InChI=1S/C16H25N3O2/c1-11(2)15(17)16(21)18-9-14(20)19(4)10-13-8-6-5-7-12(13)3/h5-8,11,15H,9-10,17H2,1-4H3,(H,18,21)/t15-/m0/s1. The molecule has 0 aliphatic rings. The predicted octanol–water partition coefficient (Wildman–Crippen LogP) is 1.05. The molecule has 0 unspecified atom stereocenters. The Morgan fingerprint density at radius 1 is 1.29 bits per heavy atom. The smallest absolute Gasteiger partial charge is 0.242 e. The van der Waals surface area contributed by atoms with E-state index < -0.39 is 6.04 Å². The Bertz CT molecular complexity index is 500. The van der Waals surface area contributed by atoms with E-state index in [4.69, 9.17) is 5.73 Å². The second-order valence-corrected chi connectivity index (χ2v) is 5.66. The average Bonchev–Trinajstić information content (AvgIpc) is 2.45. The first kappa shape index (κ1) is 17.2. The second-order valence-electron chi connectivity index (χ2n) is 5.66. The summed E-state index contributed by atoms with van der Waals surface area (Å²) in [5, 5.41) is 2.59. The minimum atomic E-state index is -0.584. The molecular weight excluding hydrogens is 266 g/mol. The number of amides is 2. The fraction of sp³-hybridized carbons (Fsp3) is 0.500. The molecule has 1 rings (SSSR count). The van der Waals surface area contributed by atoms with Crippen LogP contribution in [0, 0.1) is 12.8 Å². The van der Waals surface area contributed by atoms with Crippen LogP contribution < -0.4 is 11.1 Å². The molecule has 0 saturated heterocycles. The largest absolute Gasteiger partial charge is 0.346 e. The number of hydrogen-bond acceptors (Lipinski definition) is 3. The van der Waals surface area contributed by atoms with Crippen LogP contribution in [0.2, 0.25) is 0 Å². The fourth-order valence-corrected chi connectivity index (χ4v) is 1.85. The van der Waals surface area contributed by atoms with Crippen molar-refractivity contribution in [2.45, 2.75) is 33.4 Å². The van der Waals surface area contributed by atoms with Gasteiger partial charge in [0, 0.05) is 13.6 Å². The lowest BCUT2D eigenvalue weighted by molar-refractivity contribution is -0.132. The summed E-state index contributed by atoms with van der Waals surface area (Å²) in [5.74, 6) is -0.380. The molecule has 116 valence electrons. The van der Waals surface area contributed by atoms with Crippen LogP contribution in [0.1, 0.15) is 25.0 Å². The van der Waals surface area contributed by atoms with Crippen LogP contribution in [0.4, 0.5) is 0 Å². The van der Waals surface area contributed by atoms with Gasteiger partial charge in [-0.15, -0.1) is 0 Å². The van der Waals surface area contributed by atoms with Crippen LogP contribution in [0.25, 0.3) is 0 Å². The number of nitrogens with zero attached hydrogens (tertiary/aromatic N) is 1. The Balaban J connectivity index is 2.49. The van der Waals surface area contributed by atoms with E-state index in [1.54, 1.807) is 11.9 Å². The summed E-state index contributed by atoms with van der Waals surface area (Å²) in [6.45, 7) is 6.25. The minimum Gasteiger partial charge on any atom is -0.346 e. The molecule has 0 fully saturated rings. The molecule has 0 saturated carbocycles. The lowest BCUT2D eigenvalue weighted by atomic mass is 10.1. The number of nitrogens with two attached hydrogens (primary N) is 1. The van der Waals surface area contributed by atoms with Crippen molar-refractivity contribution in [1.82, 2.24) is 10.2 Å². The highest BCUT2D eigenvalue weighted by Crippen LogP contribution is 2.09. The van der Waals surface area contributed by atoms with Gasteiger partial charge in [-0.2, -0.15) is 0 Å².